The van der Waals surface area contributed by atoms with Crippen molar-refractivity contribution in [3.63, 3.8) is 0 Å². The standard InChI is InChI=1S/C19H24O4/c1-11(2)13-6-8-14(9-7-13)17-16-15(10-12(3)21-17)22-19(4,5)23-18(16)20/h6-9,11-12,17H,10H2,1-5H3/t12-,17+/m1/s1. The highest BCUT2D eigenvalue weighted by Gasteiger charge is 2.43. The third-order valence-electron chi connectivity index (χ3n) is 4.24. The van der Waals surface area contributed by atoms with E-state index in [0.717, 1.165) is 5.56 Å². The molecule has 0 aliphatic carbocycles. The van der Waals surface area contributed by atoms with Crippen LogP contribution in [0.4, 0.5) is 0 Å². The predicted molar refractivity (Wildman–Crippen MR) is 86.7 cm³/mol. The first-order valence-electron chi connectivity index (χ1n) is 8.17. The van der Waals surface area contributed by atoms with Crippen molar-refractivity contribution in [2.45, 2.75) is 65.0 Å². The van der Waals surface area contributed by atoms with Crippen LogP contribution in [0.15, 0.2) is 35.6 Å². The van der Waals surface area contributed by atoms with Crippen molar-refractivity contribution >= 4 is 5.97 Å². The average molecular weight is 316 g/mol. The summed E-state index contributed by atoms with van der Waals surface area (Å²) in [5.74, 6) is -0.100. The minimum Gasteiger partial charge on any atom is -0.456 e. The SMILES string of the molecule is CC(C)c1ccc([C@@H]2O[C@H](C)CC3=C2C(=O)OC(C)(C)O3)cc1. The monoisotopic (exact) mass is 316 g/mol. The van der Waals surface area contributed by atoms with Gasteiger partial charge in [-0.05, 0) is 24.0 Å². The first-order chi connectivity index (χ1) is 10.8. The van der Waals surface area contributed by atoms with E-state index in [0.29, 0.717) is 23.7 Å². The second-order valence-corrected chi connectivity index (χ2v) is 7.08. The minimum absolute atomic E-state index is 0.00905. The van der Waals surface area contributed by atoms with Crippen molar-refractivity contribution in [3.05, 3.63) is 46.7 Å². The van der Waals surface area contributed by atoms with Crippen molar-refractivity contribution in [1.82, 2.24) is 0 Å². The molecule has 0 fully saturated rings. The summed E-state index contributed by atoms with van der Waals surface area (Å²) in [5, 5.41) is 0. The second kappa shape index (κ2) is 5.68. The second-order valence-electron chi connectivity index (χ2n) is 7.08. The van der Waals surface area contributed by atoms with Gasteiger partial charge < -0.3 is 14.2 Å². The molecule has 0 N–H and O–H groups in total. The Balaban J connectivity index is 1.99. The van der Waals surface area contributed by atoms with Gasteiger partial charge >= 0.3 is 5.97 Å². The number of esters is 1. The molecule has 1 aromatic rings. The third kappa shape index (κ3) is 3.13. The van der Waals surface area contributed by atoms with Gasteiger partial charge in [0.25, 0.3) is 0 Å². The van der Waals surface area contributed by atoms with Crippen LogP contribution in [0.25, 0.3) is 0 Å². The predicted octanol–water partition coefficient (Wildman–Crippen LogP) is 4.22. The number of ether oxygens (including phenoxy) is 3. The highest BCUT2D eigenvalue weighted by Crippen LogP contribution is 2.42. The van der Waals surface area contributed by atoms with Gasteiger partial charge in [0.15, 0.2) is 0 Å². The Morgan fingerprint density at radius 2 is 1.78 bits per heavy atom. The number of benzene rings is 1. The molecule has 2 heterocycles. The molecular weight excluding hydrogens is 292 g/mol. The summed E-state index contributed by atoms with van der Waals surface area (Å²) in [6.45, 7) is 9.81. The molecule has 3 rings (SSSR count). The number of hydrogen-bond acceptors (Lipinski definition) is 4. The molecule has 0 unspecified atom stereocenters. The molecule has 0 saturated heterocycles. The Bertz CT molecular complexity index is 640. The number of rotatable bonds is 2. The fourth-order valence-corrected chi connectivity index (χ4v) is 3.08. The van der Waals surface area contributed by atoms with E-state index in [1.54, 1.807) is 13.8 Å². The summed E-state index contributed by atoms with van der Waals surface area (Å²) in [4.78, 5) is 12.5. The van der Waals surface area contributed by atoms with Gasteiger partial charge in [-0.25, -0.2) is 4.79 Å². The van der Waals surface area contributed by atoms with Crippen LogP contribution in [-0.4, -0.2) is 17.9 Å². The Morgan fingerprint density at radius 1 is 1.13 bits per heavy atom. The van der Waals surface area contributed by atoms with Crippen molar-refractivity contribution in [2.75, 3.05) is 0 Å². The topological polar surface area (TPSA) is 44.8 Å². The number of cyclic esters (lactones) is 1. The zero-order chi connectivity index (χ0) is 16.8. The Kier molecular flexibility index (Phi) is 3.96. The lowest BCUT2D eigenvalue weighted by molar-refractivity contribution is -0.217. The average Bonchev–Trinajstić information content (AvgIpc) is 2.44. The smallest absolute Gasteiger partial charge is 0.343 e. The number of hydrogen-bond donors (Lipinski definition) is 0. The van der Waals surface area contributed by atoms with Crippen molar-refractivity contribution < 1.29 is 19.0 Å². The van der Waals surface area contributed by atoms with Gasteiger partial charge in [-0.1, -0.05) is 38.1 Å². The fraction of sp³-hybridized carbons (Fsp3) is 0.526. The van der Waals surface area contributed by atoms with E-state index in [9.17, 15) is 4.79 Å². The molecule has 0 spiro atoms. The molecule has 0 amide bonds. The quantitative estimate of drug-likeness (QED) is 0.766. The van der Waals surface area contributed by atoms with E-state index >= 15 is 0 Å². The Hall–Kier alpha value is -1.81. The number of carbonyl (C=O) groups is 1. The van der Waals surface area contributed by atoms with E-state index in [1.165, 1.54) is 5.56 Å². The van der Waals surface area contributed by atoms with Crippen LogP contribution in [0.2, 0.25) is 0 Å². The largest absolute Gasteiger partial charge is 0.456 e. The summed E-state index contributed by atoms with van der Waals surface area (Å²) in [6.07, 6.45) is 0.151. The maximum absolute atomic E-state index is 12.5. The van der Waals surface area contributed by atoms with Gasteiger partial charge in [-0.15, -0.1) is 0 Å². The third-order valence-corrected chi connectivity index (χ3v) is 4.24. The lowest BCUT2D eigenvalue weighted by atomic mass is 9.92. The molecular formula is C19H24O4. The van der Waals surface area contributed by atoms with E-state index in [1.807, 2.05) is 19.1 Å². The molecule has 0 bridgehead atoms. The maximum Gasteiger partial charge on any atom is 0.343 e. The normalized spacial score (nSPS) is 26.6. The molecule has 4 heteroatoms. The van der Waals surface area contributed by atoms with Gasteiger partial charge in [0, 0.05) is 20.3 Å². The van der Waals surface area contributed by atoms with Crippen LogP contribution < -0.4 is 0 Å². The Labute approximate surface area is 137 Å². The van der Waals surface area contributed by atoms with Crippen LogP contribution >= 0.6 is 0 Å². The molecule has 2 aliphatic heterocycles. The molecule has 0 saturated carbocycles. The number of carbonyl (C=O) groups excluding carboxylic acids is 1. The first-order valence-corrected chi connectivity index (χ1v) is 8.17. The highest BCUT2D eigenvalue weighted by atomic mass is 16.7. The maximum atomic E-state index is 12.5. The summed E-state index contributed by atoms with van der Waals surface area (Å²) < 4.78 is 17.3. The van der Waals surface area contributed by atoms with Gasteiger partial charge in [-0.2, -0.15) is 0 Å². The lowest BCUT2D eigenvalue weighted by Gasteiger charge is -2.40. The first kappa shape index (κ1) is 16.1. The van der Waals surface area contributed by atoms with Crippen LogP contribution in [-0.2, 0) is 19.0 Å². The summed E-state index contributed by atoms with van der Waals surface area (Å²) in [6, 6.07) is 8.22. The summed E-state index contributed by atoms with van der Waals surface area (Å²) in [5.41, 5.74) is 2.71. The summed E-state index contributed by atoms with van der Waals surface area (Å²) in [7, 11) is 0. The van der Waals surface area contributed by atoms with E-state index in [2.05, 4.69) is 26.0 Å². The summed E-state index contributed by atoms with van der Waals surface area (Å²) >= 11 is 0. The molecule has 0 aromatic heterocycles. The molecule has 4 nitrogen and oxygen atoms in total. The minimum atomic E-state index is -0.918. The molecule has 23 heavy (non-hydrogen) atoms. The van der Waals surface area contributed by atoms with Crippen molar-refractivity contribution in [1.29, 1.82) is 0 Å². The molecule has 2 aliphatic rings. The Morgan fingerprint density at radius 3 is 2.39 bits per heavy atom. The van der Waals surface area contributed by atoms with Crippen LogP contribution in [0.3, 0.4) is 0 Å². The van der Waals surface area contributed by atoms with E-state index < -0.39 is 11.9 Å². The van der Waals surface area contributed by atoms with E-state index in [-0.39, 0.29) is 12.1 Å². The van der Waals surface area contributed by atoms with Crippen molar-refractivity contribution in [3.8, 4) is 0 Å². The van der Waals surface area contributed by atoms with E-state index in [4.69, 9.17) is 14.2 Å². The molecule has 124 valence electrons. The van der Waals surface area contributed by atoms with Gasteiger partial charge in [0.05, 0.1) is 6.10 Å². The molecule has 2 atom stereocenters. The lowest BCUT2D eigenvalue weighted by Crippen LogP contribution is -2.41. The zero-order valence-corrected chi connectivity index (χ0v) is 14.4. The highest BCUT2D eigenvalue weighted by molar-refractivity contribution is 5.91. The molecule has 0 radical (unpaired) electrons. The fourth-order valence-electron chi connectivity index (χ4n) is 3.08. The van der Waals surface area contributed by atoms with Crippen LogP contribution in [0.1, 0.15) is 64.2 Å². The van der Waals surface area contributed by atoms with Gasteiger partial charge in [-0.3, -0.25) is 0 Å². The van der Waals surface area contributed by atoms with Gasteiger partial charge in [0.2, 0.25) is 5.79 Å². The molecule has 1 aromatic carbocycles. The zero-order valence-electron chi connectivity index (χ0n) is 14.4. The van der Waals surface area contributed by atoms with Crippen LogP contribution in [0, 0.1) is 0 Å². The van der Waals surface area contributed by atoms with Gasteiger partial charge in [0.1, 0.15) is 17.4 Å². The van der Waals surface area contributed by atoms with Crippen LogP contribution in [0.5, 0.6) is 0 Å². The van der Waals surface area contributed by atoms with Crippen molar-refractivity contribution in [2.24, 2.45) is 0 Å².